The highest BCUT2D eigenvalue weighted by Crippen LogP contribution is 2.30. The van der Waals surface area contributed by atoms with Gasteiger partial charge >= 0.3 is 11.9 Å². The van der Waals surface area contributed by atoms with Crippen molar-refractivity contribution in [2.24, 2.45) is 0 Å². The van der Waals surface area contributed by atoms with Crippen LogP contribution >= 0.6 is 0 Å². The van der Waals surface area contributed by atoms with E-state index < -0.39 is 5.97 Å². The summed E-state index contributed by atoms with van der Waals surface area (Å²) in [6, 6.07) is 14.9. The van der Waals surface area contributed by atoms with Crippen molar-refractivity contribution in [2.75, 3.05) is 0 Å². The van der Waals surface area contributed by atoms with Crippen molar-refractivity contribution in [1.82, 2.24) is 4.98 Å². The normalized spacial score (nSPS) is 10.8. The Morgan fingerprint density at radius 2 is 1.62 bits per heavy atom. The molecule has 2 aromatic carbocycles. The van der Waals surface area contributed by atoms with E-state index in [1.807, 2.05) is 48.6 Å². The summed E-state index contributed by atoms with van der Waals surface area (Å²) in [7, 11) is 0. The second kappa shape index (κ2) is 8.97. The van der Waals surface area contributed by atoms with Gasteiger partial charge in [0.15, 0.2) is 5.75 Å². The smallest absolute Gasteiger partial charge is 0.308 e. The number of esters is 2. The molecular weight excluding hydrogens is 366 g/mol. The molecule has 0 saturated carbocycles. The minimum atomic E-state index is -0.390. The average molecular weight is 387 g/mol. The molecule has 5 nitrogen and oxygen atoms in total. The number of pyridine rings is 1. The monoisotopic (exact) mass is 387 g/mol. The van der Waals surface area contributed by atoms with Crippen LogP contribution in [0.4, 0.5) is 0 Å². The molecule has 0 aliphatic rings. The SMILES string of the molecule is C=CCc1ccc2ccc(/C=C/c3ccc(OC(C)=O)cc3)nc2c1OC(C)=O. The van der Waals surface area contributed by atoms with Crippen LogP contribution in [-0.2, 0) is 16.0 Å². The highest BCUT2D eigenvalue weighted by atomic mass is 16.5. The zero-order chi connectivity index (χ0) is 20.8. The van der Waals surface area contributed by atoms with E-state index in [9.17, 15) is 9.59 Å². The maximum absolute atomic E-state index is 11.6. The van der Waals surface area contributed by atoms with E-state index in [2.05, 4.69) is 11.6 Å². The summed E-state index contributed by atoms with van der Waals surface area (Å²) < 4.78 is 10.5. The summed E-state index contributed by atoms with van der Waals surface area (Å²) in [6.07, 6.45) is 6.12. The van der Waals surface area contributed by atoms with Crippen LogP contribution in [0.2, 0.25) is 0 Å². The van der Waals surface area contributed by atoms with Gasteiger partial charge < -0.3 is 9.47 Å². The van der Waals surface area contributed by atoms with Crippen LogP contribution in [0.5, 0.6) is 11.5 Å². The first-order chi connectivity index (χ1) is 14.0. The average Bonchev–Trinajstić information content (AvgIpc) is 2.68. The number of hydrogen-bond donors (Lipinski definition) is 0. The summed E-state index contributed by atoms with van der Waals surface area (Å²) >= 11 is 0. The lowest BCUT2D eigenvalue weighted by Gasteiger charge is -2.11. The summed E-state index contributed by atoms with van der Waals surface area (Å²) in [6.45, 7) is 6.50. The van der Waals surface area contributed by atoms with Crippen LogP contribution in [0, 0.1) is 0 Å². The van der Waals surface area contributed by atoms with Gasteiger partial charge in [0.1, 0.15) is 11.3 Å². The molecule has 146 valence electrons. The van der Waals surface area contributed by atoms with Gasteiger partial charge in [-0.1, -0.05) is 42.5 Å². The lowest BCUT2D eigenvalue weighted by Crippen LogP contribution is -2.05. The predicted octanol–water partition coefficient (Wildman–Crippen LogP) is 4.98. The van der Waals surface area contributed by atoms with E-state index in [0.29, 0.717) is 23.4 Å². The molecule has 0 atom stereocenters. The number of ether oxygens (including phenoxy) is 2. The maximum Gasteiger partial charge on any atom is 0.308 e. The molecule has 3 rings (SSSR count). The van der Waals surface area contributed by atoms with Gasteiger partial charge in [0.05, 0.1) is 5.69 Å². The standard InChI is InChI=1S/C24H21NO4/c1-4-5-20-10-9-19-11-13-21(25-23(19)24(20)29-17(3)27)12-6-18-7-14-22(15-8-18)28-16(2)26/h4,6-15H,1,5H2,2-3H3/b12-6+. The Balaban J connectivity index is 1.93. The number of carbonyl (C=O) groups is 2. The van der Waals surface area contributed by atoms with Gasteiger partial charge in [0.25, 0.3) is 0 Å². The summed E-state index contributed by atoms with van der Waals surface area (Å²) in [5.74, 6) is 0.224. The van der Waals surface area contributed by atoms with Gasteiger partial charge in [0.2, 0.25) is 0 Å². The molecule has 0 N–H and O–H groups in total. The highest BCUT2D eigenvalue weighted by molar-refractivity contribution is 5.89. The third kappa shape index (κ3) is 5.17. The Morgan fingerprint density at radius 1 is 0.931 bits per heavy atom. The summed E-state index contributed by atoms with van der Waals surface area (Å²) in [5, 5.41) is 0.886. The Bertz CT molecular complexity index is 1100. The maximum atomic E-state index is 11.6. The number of aromatic nitrogens is 1. The van der Waals surface area contributed by atoms with Crippen molar-refractivity contribution >= 4 is 35.0 Å². The molecule has 3 aromatic rings. The highest BCUT2D eigenvalue weighted by Gasteiger charge is 2.12. The Hall–Kier alpha value is -3.73. The minimum Gasteiger partial charge on any atom is -0.427 e. The molecule has 1 aromatic heterocycles. The van der Waals surface area contributed by atoms with Crippen LogP contribution in [0.1, 0.15) is 30.7 Å². The molecule has 0 fully saturated rings. The first-order valence-corrected chi connectivity index (χ1v) is 9.15. The van der Waals surface area contributed by atoms with E-state index in [4.69, 9.17) is 9.47 Å². The van der Waals surface area contributed by atoms with Gasteiger partial charge in [-0.3, -0.25) is 9.59 Å². The molecular formula is C24H21NO4. The molecule has 0 bridgehead atoms. The zero-order valence-corrected chi connectivity index (χ0v) is 16.3. The number of nitrogens with zero attached hydrogens (tertiary/aromatic N) is 1. The second-order valence-corrected chi connectivity index (χ2v) is 6.44. The fourth-order valence-electron chi connectivity index (χ4n) is 2.88. The van der Waals surface area contributed by atoms with Gasteiger partial charge in [-0.2, -0.15) is 0 Å². The largest absolute Gasteiger partial charge is 0.427 e. The van der Waals surface area contributed by atoms with Gasteiger partial charge in [-0.05, 0) is 36.3 Å². The molecule has 0 aliphatic heterocycles. The number of carbonyl (C=O) groups excluding carboxylic acids is 2. The fraction of sp³-hybridized carbons (Fsp3) is 0.125. The van der Waals surface area contributed by atoms with Crippen LogP contribution in [0.25, 0.3) is 23.1 Å². The molecule has 0 aliphatic carbocycles. The Kier molecular flexibility index (Phi) is 6.19. The molecule has 1 heterocycles. The molecule has 0 amide bonds. The zero-order valence-electron chi connectivity index (χ0n) is 16.3. The molecule has 0 unspecified atom stereocenters. The van der Waals surface area contributed by atoms with Crippen LogP contribution in [0.3, 0.4) is 0 Å². The van der Waals surface area contributed by atoms with Crippen LogP contribution in [-0.4, -0.2) is 16.9 Å². The van der Waals surface area contributed by atoms with Crippen molar-refractivity contribution < 1.29 is 19.1 Å². The van der Waals surface area contributed by atoms with Crippen molar-refractivity contribution in [1.29, 1.82) is 0 Å². The molecule has 0 spiro atoms. The van der Waals surface area contributed by atoms with Gasteiger partial charge in [0, 0.05) is 24.8 Å². The quantitative estimate of drug-likeness (QED) is 0.339. The lowest BCUT2D eigenvalue weighted by molar-refractivity contribution is -0.132. The number of benzene rings is 2. The molecule has 0 radical (unpaired) electrons. The lowest BCUT2D eigenvalue weighted by atomic mass is 10.1. The van der Waals surface area contributed by atoms with Crippen LogP contribution < -0.4 is 9.47 Å². The molecule has 5 heteroatoms. The Labute approximate surface area is 169 Å². The third-order valence-electron chi connectivity index (χ3n) is 4.12. The van der Waals surface area contributed by atoms with Crippen molar-refractivity contribution in [3.8, 4) is 11.5 Å². The number of fused-ring (bicyclic) bond motifs is 1. The second-order valence-electron chi connectivity index (χ2n) is 6.44. The van der Waals surface area contributed by atoms with Crippen LogP contribution in [0.15, 0.2) is 61.2 Å². The van der Waals surface area contributed by atoms with Gasteiger partial charge in [-0.15, -0.1) is 6.58 Å². The van der Waals surface area contributed by atoms with E-state index in [1.165, 1.54) is 13.8 Å². The first kappa shape index (κ1) is 20.0. The van der Waals surface area contributed by atoms with Crippen molar-refractivity contribution in [3.63, 3.8) is 0 Å². The van der Waals surface area contributed by atoms with E-state index in [-0.39, 0.29) is 5.97 Å². The number of hydrogen-bond acceptors (Lipinski definition) is 5. The Morgan fingerprint density at radius 3 is 2.28 bits per heavy atom. The number of rotatable bonds is 6. The van der Waals surface area contributed by atoms with Crippen molar-refractivity contribution in [2.45, 2.75) is 20.3 Å². The van der Waals surface area contributed by atoms with Crippen molar-refractivity contribution in [3.05, 3.63) is 78.0 Å². The molecule has 0 saturated heterocycles. The predicted molar refractivity (Wildman–Crippen MR) is 114 cm³/mol. The van der Waals surface area contributed by atoms with E-state index in [0.717, 1.165) is 22.2 Å². The summed E-state index contributed by atoms with van der Waals surface area (Å²) in [4.78, 5) is 27.3. The molecule has 29 heavy (non-hydrogen) atoms. The number of allylic oxidation sites excluding steroid dienone is 1. The minimum absolute atomic E-state index is 0.354. The third-order valence-corrected chi connectivity index (χ3v) is 4.12. The van der Waals surface area contributed by atoms with E-state index >= 15 is 0 Å². The summed E-state index contributed by atoms with van der Waals surface area (Å²) in [5.41, 5.74) is 3.15. The fourth-order valence-corrected chi connectivity index (χ4v) is 2.88. The topological polar surface area (TPSA) is 65.5 Å². The van der Waals surface area contributed by atoms with Gasteiger partial charge in [-0.25, -0.2) is 4.98 Å². The van der Waals surface area contributed by atoms with E-state index in [1.54, 1.807) is 18.2 Å². The first-order valence-electron chi connectivity index (χ1n) is 9.15.